The molecule has 3 rings (SSSR count). The summed E-state index contributed by atoms with van der Waals surface area (Å²) in [6.07, 6.45) is 3.79. The van der Waals surface area contributed by atoms with E-state index in [1.807, 2.05) is 18.2 Å². The Morgan fingerprint density at radius 1 is 1.04 bits per heavy atom. The number of allylic oxidation sites excluding steroid dienone is 1. The smallest absolute Gasteiger partial charge is 0.333 e. The van der Waals surface area contributed by atoms with Gasteiger partial charge in [-0.1, -0.05) is 12.1 Å². The van der Waals surface area contributed by atoms with Crippen LogP contribution in [0.25, 0.3) is 11.6 Å². The van der Waals surface area contributed by atoms with Crippen molar-refractivity contribution in [2.24, 2.45) is 0 Å². The number of benzene rings is 1. The fraction of sp³-hybridized carbons (Fsp3) is 0.381. The van der Waals surface area contributed by atoms with Crippen molar-refractivity contribution in [3.8, 4) is 0 Å². The molecule has 1 fully saturated rings. The number of carbonyl (C=O) groups is 3. The fourth-order valence-electron chi connectivity index (χ4n) is 3.91. The number of likely N-dealkylation sites (N-methyl/N-ethyl adjacent to an activating group) is 3. The highest BCUT2D eigenvalue weighted by molar-refractivity contribution is 6.30. The molecule has 0 unspecified atom stereocenters. The lowest BCUT2D eigenvalue weighted by Gasteiger charge is -2.42. The van der Waals surface area contributed by atoms with Crippen LogP contribution in [0.2, 0.25) is 0 Å². The number of anilines is 1. The number of imide groups is 2. The third-order valence-corrected chi connectivity index (χ3v) is 5.27. The minimum Gasteiger partial charge on any atom is -0.363 e. The van der Waals surface area contributed by atoms with E-state index in [1.165, 1.54) is 14.1 Å². The van der Waals surface area contributed by atoms with Gasteiger partial charge in [0.05, 0.1) is 5.54 Å². The summed E-state index contributed by atoms with van der Waals surface area (Å²) in [6.45, 7) is 9.43. The van der Waals surface area contributed by atoms with Crippen LogP contribution in [0.5, 0.6) is 0 Å². The molecule has 6 nitrogen and oxygen atoms in total. The molecule has 27 heavy (non-hydrogen) atoms. The molecule has 0 aliphatic carbocycles. The van der Waals surface area contributed by atoms with Crippen LogP contribution in [0.4, 0.5) is 10.5 Å². The van der Waals surface area contributed by atoms with Gasteiger partial charge in [0.2, 0.25) is 0 Å². The first-order chi connectivity index (χ1) is 12.6. The molecular formula is C21H25N3O3. The lowest BCUT2D eigenvalue weighted by molar-refractivity contribution is -0.134. The Balaban J connectivity index is 2.07. The van der Waals surface area contributed by atoms with Gasteiger partial charge in [0.1, 0.15) is 5.57 Å². The number of nitrogens with zero attached hydrogens (tertiary/aromatic N) is 3. The van der Waals surface area contributed by atoms with Crippen molar-refractivity contribution < 1.29 is 14.4 Å². The molecule has 1 aromatic carbocycles. The van der Waals surface area contributed by atoms with Gasteiger partial charge in [-0.05, 0) is 57.0 Å². The normalized spacial score (nSPS) is 19.3. The molecule has 2 aliphatic heterocycles. The predicted molar refractivity (Wildman–Crippen MR) is 106 cm³/mol. The Hall–Kier alpha value is -2.89. The summed E-state index contributed by atoms with van der Waals surface area (Å²) in [5.41, 5.74) is 4.04. The molecule has 0 atom stereocenters. The molecule has 1 saturated heterocycles. The van der Waals surface area contributed by atoms with E-state index in [0.29, 0.717) is 0 Å². The number of barbiturate groups is 1. The monoisotopic (exact) mass is 367 g/mol. The second kappa shape index (κ2) is 6.37. The number of rotatable bonds is 2. The van der Waals surface area contributed by atoms with Crippen molar-refractivity contribution >= 4 is 35.2 Å². The van der Waals surface area contributed by atoms with Crippen LogP contribution in [-0.2, 0) is 9.59 Å². The molecule has 0 saturated carbocycles. The van der Waals surface area contributed by atoms with Gasteiger partial charge < -0.3 is 4.90 Å². The highest BCUT2D eigenvalue weighted by Gasteiger charge is 2.38. The maximum atomic E-state index is 12.4. The molecule has 0 aromatic heterocycles. The van der Waals surface area contributed by atoms with Gasteiger partial charge in [-0.15, -0.1) is 0 Å². The minimum atomic E-state index is -0.618. The molecular weight excluding hydrogens is 342 g/mol. The summed E-state index contributed by atoms with van der Waals surface area (Å²) >= 11 is 0. The first-order valence-electron chi connectivity index (χ1n) is 9.01. The van der Waals surface area contributed by atoms with Crippen LogP contribution in [0.1, 0.15) is 38.8 Å². The van der Waals surface area contributed by atoms with Crippen LogP contribution in [0, 0.1) is 0 Å². The second-order valence-electron chi connectivity index (χ2n) is 7.57. The third kappa shape index (κ3) is 2.95. The first kappa shape index (κ1) is 18.9. The lowest BCUT2D eigenvalue weighted by atomic mass is 9.88. The van der Waals surface area contributed by atoms with E-state index in [4.69, 9.17) is 0 Å². The molecule has 2 aliphatic rings. The van der Waals surface area contributed by atoms with Crippen LogP contribution in [0.3, 0.4) is 0 Å². The zero-order chi connectivity index (χ0) is 20.1. The van der Waals surface area contributed by atoms with E-state index in [-0.39, 0.29) is 11.1 Å². The topological polar surface area (TPSA) is 60.9 Å². The van der Waals surface area contributed by atoms with E-state index >= 15 is 0 Å². The lowest BCUT2D eigenvalue weighted by Crippen LogP contribution is -2.52. The molecule has 0 radical (unpaired) electrons. The molecule has 0 bridgehead atoms. The summed E-state index contributed by atoms with van der Waals surface area (Å²) in [4.78, 5) is 40.9. The van der Waals surface area contributed by atoms with Crippen LogP contribution >= 0.6 is 0 Å². The molecule has 0 N–H and O–H groups in total. The maximum Gasteiger partial charge on any atom is 0.333 e. The largest absolute Gasteiger partial charge is 0.363 e. The van der Waals surface area contributed by atoms with Gasteiger partial charge >= 0.3 is 6.03 Å². The van der Waals surface area contributed by atoms with Gasteiger partial charge in [0.15, 0.2) is 0 Å². The minimum absolute atomic E-state index is 0.00957. The molecule has 1 aromatic rings. The van der Waals surface area contributed by atoms with Crippen molar-refractivity contribution in [1.29, 1.82) is 0 Å². The van der Waals surface area contributed by atoms with Crippen LogP contribution in [0.15, 0.2) is 29.8 Å². The average molecular weight is 367 g/mol. The highest BCUT2D eigenvalue weighted by Crippen LogP contribution is 2.39. The number of urea groups is 1. The standard InChI is InChI=1S/C21H25N3O3/c1-7-24-17-9-8-14(10-15(17)13(2)12-21(24,3)4)11-16-18(25)22(5)20(27)23(6)19(16)26/h8-12H,7H2,1-6H3. The van der Waals surface area contributed by atoms with Crippen molar-refractivity contribution in [3.05, 3.63) is 41.0 Å². The van der Waals surface area contributed by atoms with E-state index in [2.05, 4.69) is 38.7 Å². The molecule has 4 amide bonds. The number of carbonyl (C=O) groups excluding carboxylic acids is 3. The number of hydrogen-bond acceptors (Lipinski definition) is 4. The zero-order valence-electron chi connectivity index (χ0n) is 16.7. The summed E-state index contributed by atoms with van der Waals surface area (Å²) in [7, 11) is 2.75. The van der Waals surface area contributed by atoms with Crippen LogP contribution in [-0.4, -0.2) is 53.8 Å². The summed E-state index contributed by atoms with van der Waals surface area (Å²) < 4.78 is 0. The van der Waals surface area contributed by atoms with Crippen LogP contribution < -0.4 is 4.90 Å². The zero-order valence-corrected chi connectivity index (χ0v) is 16.7. The van der Waals surface area contributed by atoms with Gasteiger partial charge in [-0.3, -0.25) is 19.4 Å². The van der Waals surface area contributed by atoms with Gasteiger partial charge in [-0.25, -0.2) is 4.79 Å². The Morgan fingerprint density at radius 3 is 2.19 bits per heavy atom. The summed E-state index contributed by atoms with van der Waals surface area (Å²) in [5.74, 6) is -1.16. The number of hydrogen-bond donors (Lipinski definition) is 0. The van der Waals surface area contributed by atoms with Gasteiger partial charge in [-0.2, -0.15) is 0 Å². The van der Waals surface area contributed by atoms with Gasteiger partial charge in [0, 0.05) is 31.9 Å². The van der Waals surface area contributed by atoms with E-state index < -0.39 is 17.8 Å². The van der Waals surface area contributed by atoms with E-state index in [1.54, 1.807) is 6.08 Å². The maximum absolute atomic E-state index is 12.4. The number of amides is 4. The van der Waals surface area contributed by atoms with E-state index in [9.17, 15) is 14.4 Å². The Bertz CT molecular complexity index is 885. The molecule has 0 spiro atoms. The summed E-state index contributed by atoms with van der Waals surface area (Å²) in [5, 5.41) is 0. The third-order valence-electron chi connectivity index (χ3n) is 5.27. The average Bonchev–Trinajstić information content (AvgIpc) is 2.62. The number of fused-ring (bicyclic) bond motifs is 1. The molecule has 2 heterocycles. The van der Waals surface area contributed by atoms with Gasteiger partial charge in [0.25, 0.3) is 11.8 Å². The fourth-order valence-corrected chi connectivity index (χ4v) is 3.91. The Kier molecular flexibility index (Phi) is 4.46. The second-order valence-corrected chi connectivity index (χ2v) is 7.57. The Morgan fingerprint density at radius 2 is 1.63 bits per heavy atom. The SMILES string of the molecule is CCN1c2ccc(C=C3C(=O)N(C)C(=O)N(C)C3=O)cc2C(C)=CC1(C)C. The quantitative estimate of drug-likeness (QED) is 0.595. The van der Waals surface area contributed by atoms with Crippen molar-refractivity contribution in [2.75, 3.05) is 25.5 Å². The van der Waals surface area contributed by atoms with Crippen molar-refractivity contribution in [2.45, 2.75) is 33.2 Å². The van der Waals surface area contributed by atoms with Crippen molar-refractivity contribution in [1.82, 2.24) is 9.80 Å². The Labute approximate surface area is 159 Å². The molecule has 142 valence electrons. The highest BCUT2D eigenvalue weighted by atomic mass is 16.2. The summed E-state index contributed by atoms with van der Waals surface area (Å²) in [6, 6.07) is 5.30. The molecule has 6 heteroatoms. The first-order valence-corrected chi connectivity index (χ1v) is 9.01. The van der Waals surface area contributed by atoms with Crippen molar-refractivity contribution in [3.63, 3.8) is 0 Å². The van der Waals surface area contributed by atoms with E-state index in [0.717, 1.165) is 38.7 Å². The predicted octanol–water partition coefficient (Wildman–Crippen LogP) is 3.14.